The molecule has 4 heteroatoms. The Labute approximate surface area is 117 Å². The molecule has 1 fully saturated rings. The third-order valence-corrected chi connectivity index (χ3v) is 3.92. The minimum atomic E-state index is 0.569. The second kappa shape index (κ2) is 6.55. The van der Waals surface area contributed by atoms with Crippen LogP contribution in [0.2, 0.25) is 0 Å². The summed E-state index contributed by atoms with van der Waals surface area (Å²) >= 11 is 3.53. The van der Waals surface area contributed by atoms with Gasteiger partial charge in [-0.15, -0.1) is 0 Å². The van der Waals surface area contributed by atoms with Crippen molar-refractivity contribution >= 4 is 15.9 Å². The second-order valence-corrected chi connectivity index (χ2v) is 5.55. The van der Waals surface area contributed by atoms with E-state index in [9.17, 15) is 0 Å². The van der Waals surface area contributed by atoms with Crippen molar-refractivity contribution in [1.82, 2.24) is 5.32 Å². The van der Waals surface area contributed by atoms with E-state index in [2.05, 4.69) is 33.4 Å². The number of halogens is 1. The van der Waals surface area contributed by atoms with Gasteiger partial charge in [-0.3, -0.25) is 0 Å². The van der Waals surface area contributed by atoms with Crippen LogP contribution in [0.5, 0.6) is 5.75 Å². The van der Waals surface area contributed by atoms with Gasteiger partial charge in [0.05, 0.1) is 13.7 Å². The highest BCUT2D eigenvalue weighted by Crippen LogP contribution is 2.37. The van der Waals surface area contributed by atoms with Crippen LogP contribution in [0.3, 0.4) is 0 Å². The predicted molar refractivity (Wildman–Crippen MR) is 76.3 cm³/mol. The van der Waals surface area contributed by atoms with E-state index < -0.39 is 0 Å². The van der Waals surface area contributed by atoms with E-state index in [1.54, 1.807) is 14.2 Å². The fourth-order valence-corrected chi connectivity index (χ4v) is 3.15. The van der Waals surface area contributed by atoms with Gasteiger partial charge in [0, 0.05) is 17.1 Å². The van der Waals surface area contributed by atoms with Gasteiger partial charge in [-0.05, 0) is 49.5 Å². The van der Waals surface area contributed by atoms with Crippen molar-refractivity contribution < 1.29 is 9.47 Å². The first-order chi connectivity index (χ1) is 8.76. The molecule has 0 unspecified atom stereocenters. The Morgan fingerprint density at radius 2 is 2.00 bits per heavy atom. The molecule has 2 rings (SSSR count). The zero-order valence-electron chi connectivity index (χ0n) is 11.0. The van der Waals surface area contributed by atoms with E-state index >= 15 is 0 Å². The highest BCUT2D eigenvalue weighted by atomic mass is 79.9. The predicted octanol–water partition coefficient (Wildman–Crippen LogP) is 3.07. The van der Waals surface area contributed by atoms with E-state index in [0.29, 0.717) is 12.5 Å². The smallest absolute Gasteiger partial charge is 0.123 e. The summed E-state index contributed by atoms with van der Waals surface area (Å²) < 4.78 is 11.9. The van der Waals surface area contributed by atoms with Crippen molar-refractivity contribution in [2.24, 2.45) is 0 Å². The lowest BCUT2D eigenvalue weighted by Crippen LogP contribution is -2.27. The van der Waals surface area contributed by atoms with Gasteiger partial charge >= 0.3 is 0 Å². The fourth-order valence-electron chi connectivity index (χ4n) is 2.66. The molecule has 1 heterocycles. The number of nitrogens with one attached hydrogen (secondary N) is 1. The van der Waals surface area contributed by atoms with Crippen LogP contribution in [0.4, 0.5) is 0 Å². The maximum atomic E-state index is 5.56. The van der Waals surface area contributed by atoms with E-state index in [-0.39, 0.29) is 0 Å². The Morgan fingerprint density at radius 1 is 1.28 bits per heavy atom. The molecular formula is C14H20BrNO2. The van der Waals surface area contributed by atoms with Crippen LogP contribution in [-0.2, 0) is 11.3 Å². The zero-order valence-corrected chi connectivity index (χ0v) is 12.5. The molecule has 0 aromatic heterocycles. The number of benzene rings is 1. The molecule has 1 aliphatic rings. The average Bonchev–Trinajstić information content (AvgIpc) is 2.39. The number of rotatable bonds is 4. The van der Waals surface area contributed by atoms with Gasteiger partial charge in [0.25, 0.3) is 0 Å². The molecule has 0 spiro atoms. The highest BCUT2D eigenvalue weighted by molar-refractivity contribution is 9.10. The van der Waals surface area contributed by atoms with Gasteiger partial charge in [-0.25, -0.2) is 0 Å². The van der Waals surface area contributed by atoms with Crippen LogP contribution in [0.15, 0.2) is 16.6 Å². The normalized spacial score (nSPS) is 16.8. The van der Waals surface area contributed by atoms with Crippen LogP contribution in [-0.4, -0.2) is 27.3 Å². The molecule has 1 saturated heterocycles. The minimum Gasteiger partial charge on any atom is -0.496 e. The van der Waals surface area contributed by atoms with Crippen LogP contribution < -0.4 is 10.1 Å². The number of ether oxygens (including phenoxy) is 2. The fraction of sp³-hybridized carbons (Fsp3) is 0.571. The van der Waals surface area contributed by atoms with Crippen molar-refractivity contribution in [3.05, 3.63) is 27.7 Å². The molecule has 0 bridgehead atoms. The van der Waals surface area contributed by atoms with Crippen molar-refractivity contribution in [1.29, 1.82) is 0 Å². The van der Waals surface area contributed by atoms with Crippen molar-refractivity contribution in [2.75, 3.05) is 27.3 Å². The van der Waals surface area contributed by atoms with Gasteiger partial charge in [-0.1, -0.05) is 15.9 Å². The average molecular weight is 314 g/mol. The molecule has 0 saturated carbocycles. The number of methoxy groups -OCH3 is 2. The summed E-state index contributed by atoms with van der Waals surface area (Å²) in [7, 11) is 3.47. The first-order valence-corrected chi connectivity index (χ1v) is 7.11. The molecule has 18 heavy (non-hydrogen) atoms. The van der Waals surface area contributed by atoms with Gasteiger partial charge in [0.15, 0.2) is 0 Å². The van der Waals surface area contributed by atoms with Crippen molar-refractivity contribution in [2.45, 2.75) is 25.4 Å². The molecule has 0 aliphatic carbocycles. The summed E-state index contributed by atoms with van der Waals surface area (Å²) in [5.41, 5.74) is 2.56. The molecule has 0 atom stereocenters. The number of piperidine rings is 1. The van der Waals surface area contributed by atoms with Crippen molar-refractivity contribution in [3.63, 3.8) is 0 Å². The minimum absolute atomic E-state index is 0.569. The Hall–Kier alpha value is -0.580. The first-order valence-electron chi connectivity index (χ1n) is 6.32. The van der Waals surface area contributed by atoms with Gasteiger partial charge in [0.2, 0.25) is 0 Å². The zero-order chi connectivity index (χ0) is 13.0. The third-order valence-electron chi connectivity index (χ3n) is 3.46. The molecular weight excluding hydrogens is 294 g/mol. The second-order valence-electron chi connectivity index (χ2n) is 4.64. The Kier molecular flexibility index (Phi) is 5.03. The summed E-state index contributed by atoms with van der Waals surface area (Å²) in [5, 5.41) is 3.40. The van der Waals surface area contributed by atoms with Crippen LogP contribution >= 0.6 is 15.9 Å². The lowest BCUT2D eigenvalue weighted by Gasteiger charge is -2.27. The van der Waals surface area contributed by atoms with Gasteiger partial charge < -0.3 is 14.8 Å². The standard InChI is InChI=1S/C14H20BrNO2/c1-17-9-11-7-12(15)8-13(18-2)14(11)10-3-5-16-6-4-10/h7-8,10,16H,3-6,9H2,1-2H3. The van der Waals surface area contributed by atoms with Crippen LogP contribution in [0.1, 0.15) is 29.9 Å². The molecule has 0 amide bonds. The summed E-state index contributed by atoms with van der Waals surface area (Å²) in [6.45, 7) is 2.79. The molecule has 100 valence electrons. The van der Waals surface area contributed by atoms with Crippen LogP contribution in [0.25, 0.3) is 0 Å². The maximum absolute atomic E-state index is 5.56. The Bertz CT molecular complexity index is 403. The molecule has 0 radical (unpaired) electrons. The highest BCUT2D eigenvalue weighted by Gasteiger charge is 2.22. The molecule has 1 aliphatic heterocycles. The topological polar surface area (TPSA) is 30.5 Å². The Morgan fingerprint density at radius 3 is 2.61 bits per heavy atom. The largest absolute Gasteiger partial charge is 0.496 e. The maximum Gasteiger partial charge on any atom is 0.123 e. The Balaban J connectivity index is 2.39. The molecule has 1 aromatic carbocycles. The van der Waals surface area contributed by atoms with Crippen LogP contribution in [0, 0.1) is 0 Å². The van der Waals surface area contributed by atoms with E-state index in [4.69, 9.17) is 9.47 Å². The summed E-state index contributed by atoms with van der Waals surface area (Å²) in [4.78, 5) is 0. The molecule has 3 nitrogen and oxygen atoms in total. The monoisotopic (exact) mass is 313 g/mol. The lowest BCUT2D eigenvalue weighted by atomic mass is 9.86. The SMILES string of the molecule is COCc1cc(Br)cc(OC)c1C1CCNCC1. The number of hydrogen-bond donors (Lipinski definition) is 1. The first kappa shape index (κ1) is 13.8. The van der Waals surface area contributed by atoms with E-state index in [1.807, 2.05) is 0 Å². The number of hydrogen-bond acceptors (Lipinski definition) is 3. The summed E-state index contributed by atoms with van der Waals surface area (Å²) in [6.07, 6.45) is 2.32. The third kappa shape index (κ3) is 3.05. The summed E-state index contributed by atoms with van der Waals surface area (Å²) in [5.74, 6) is 1.54. The quantitative estimate of drug-likeness (QED) is 0.926. The van der Waals surface area contributed by atoms with Gasteiger partial charge in [-0.2, -0.15) is 0 Å². The van der Waals surface area contributed by atoms with Crippen molar-refractivity contribution in [3.8, 4) is 5.75 Å². The molecule has 1 N–H and O–H groups in total. The lowest BCUT2D eigenvalue weighted by molar-refractivity contribution is 0.183. The van der Waals surface area contributed by atoms with E-state index in [1.165, 1.54) is 11.1 Å². The molecule has 1 aromatic rings. The van der Waals surface area contributed by atoms with Gasteiger partial charge in [0.1, 0.15) is 5.75 Å². The summed E-state index contributed by atoms with van der Waals surface area (Å²) in [6, 6.07) is 4.19. The van der Waals surface area contributed by atoms with E-state index in [0.717, 1.165) is 36.2 Å².